The third-order valence-corrected chi connectivity index (χ3v) is 4.45. The molecule has 18 heavy (non-hydrogen) atoms. The van der Waals surface area contributed by atoms with Gasteiger partial charge in [-0.1, -0.05) is 32.4 Å². The topological polar surface area (TPSA) is 29.3 Å². The number of rotatable bonds is 3. The summed E-state index contributed by atoms with van der Waals surface area (Å²) in [5.41, 5.74) is 7.49. The molecule has 1 aromatic carbocycles. The van der Waals surface area contributed by atoms with Gasteiger partial charge in [-0.2, -0.15) is 0 Å². The molecule has 0 saturated carbocycles. The zero-order chi connectivity index (χ0) is 13.2. The number of benzene rings is 1. The maximum absolute atomic E-state index is 13.4. The standard InChI is InChI=1S/C15H23FN2/c1-3-15(2)7-9-18(10-8-15)11-12-5-4-6-13(16)14(12)17/h4-6H,3,7-11,17H2,1-2H3. The van der Waals surface area contributed by atoms with Crippen molar-refractivity contribution >= 4 is 5.69 Å². The van der Waals surface area contributed by atoms with Crippen molar-refractivity contribution < 1.29 is 4.39 Å². The van der Waals surface area contributed by atoms with Crippen molar-refractivity contribution in [1.82, 2.24) is 4.90 Å². The first kappa shape index (κ1) is 13.3. The maximum atomic E-state index is 13.4. The van der Waals surface area contributed by atoms with Gasteiger partial charge >= 0.3 is 0 Å². The molecular formula is C15H23FN2. The van der Waals surface area contributed by atoms with Crippen LogP contribution in [0.2, 0.25) is 0 Å². The minimum absolute atomic E-state index is 0.303. The SMILES string of the molecule is CCC1(C)CCN(Cc2cccc(F)c2N)CC1. The Labute approximate surface area is 109 Å². The van der Waals surface area contributed by atoms with E-state index in [1.54, 1.807) is 6.07 Å². The van der Waals surface area contributed by atoms with Gasteiger partial charge in [0, 0.05) is 6.54 Å². The van der Waals surface area contributed by atoms with Crippen LogP contribution in [0.15, 0.2) is 18.2 Å². The number of hydrogen-bond acceptors (Lipinski definition) is 2. The monoisotopic (exact) mass is 250 g/mol. The summed E-state index contributed by atoms with van der Waals surface area (Å²) in [5.74, 6) is -0.303. The molecule has 0 aliphatic carbocycles. The minimum atomic E-state index is -0.303. The number of para-hydroxylation sites is 1. The fourth-order valence-corrected chi connectivity index (χ4v) is 2.57. The molecule has 3 heteroatoms. The van der Waals surface area contributed by atoms with E-state index in [4.69, 9.17) is 5.73 Å². The quantitative estimate of drug-likeness (QED) is 0.833. The molecule has 2 N–H and O–H groups in total. The van der Waals surface area contributed by atoms with Crippen molar-refractivity contribution in [1.29, 1.82) is 0 Å². The lowest BCUT2D eigenvalue weighted by atomic mass is 9.78. The predicted molar refractivity (Wildman–Crippen MR) is 73.7 cm³/mol. The van der Waals surface area contributed by atoms with Crippen LogP contribution in [-0.2, 0) is 6.54 Å². The van der Waals surface area contributed by atoms with Crippen molar-refractivity contribution in [2.45, 2.75) is 39.7 Å². The summed E-state index contributed by atoms with van der Waals surface area (Å²) in [5, 5.41) is 0. The van der Waals surface area contributed by atoms with E-state index in [1.165, 1.54) is 25.3 Å². The molecule has 0 aromatic heterocycles. The summed E-state index contributed by atoms with van der Waals surface area (Å²) in [6.07, 6.45) is 3.68. The number of nitrogens with zero attached hydrogens (tertiary/aromatic N) is 1. The van der Waals surface area contributed by atoms with Gasteiger partial charge in [-0.25, -0.2) is 4.39 Å². The van der Waals surface area contributed by atoms with Crippen LogP contribution in [-0.4, -0.2) is 18.0 Å². The van der Waals surface area contributed by atoms with Gasteiger partial charge in [0.05, 0.1) is 5.69 Å². The lowest BCUT2D eigenvalue weighted by molar-refractivity contribution is 0.110. The smallest absolute Gasteiger partial charge is 0.146 e. The number of hydrogen-bond donors (Lipinski definition) is 1. The number of likely N-dealkylation sites (tertiary alicyclic amines) is 1. The van der Waals surface area contributed by atoms with Crippen molar-refractivity contribution in [2.24, 2.45) is 5.41 Å². The largest absolute Gasteiger partial charge is 0.396 e. The molecule has 1 saturated heterocycles. The molecule has 0 amide bonds. The number of piperidine rings is 1. The molecule has 1 aliphatic rings. The van der Waals surface area contributed by atoms with E-state index in [2.05, 4.69) is 18.7 Å². The molecule has 0 radical (unpaired) electrons. The normalized spacial score (nSPS) is 19.9. The van der Waals surface area contributed by atoms with Gasteiger partial charge in [-0.3, -0.25) is 4.90 Å². The number of anilines is 1. The molecule has 100 valence electrons. The van der Waals surface area contributed by atoms with Gasteiger partial charge in [0.2, 0.25) is 0 Å². The summed E-state index contributed by atoms with van der Waals surface area (Å²) in [6, 6.07) is 5.08. The van der Waals surface area contributed by atoms with Crippen LogP contribution in [0.1, 0.15) is 38.7 Å². The summed E-state index contributed by atoms with van der Waals surface area (Å²) >= 11 is 0. The molecule has 0 atom stereocenters. The Morgan fingerprint density at radius 2 is 2.00 bits per heavy atom. The lowest BCUT2D eigenvalue weighted by Crippen LogP contribution is -2.38. The van der Waals surface area contributed by atoms with Gasteiger partial charge in [0.15, 0.2) is 0 Å². The average Bonchev–Trinajstić information content (AvgIpc) is 2.38. The van der Waals surface area contributed by atoms with Crippen molar-refractivity contribution in [2.75, 3.05) is 18.8 Å². The van der Waals surface area contributed by atoms with Crippen molar-refractivity contribution in [3.8, 4) is 0 Å². The van der Waals surface area contributed by atoms with E-state index in [1.807, 2.05) is 6.07 Å². The molecule has 1 heterocycles. The Hall–Kier alpha value is -1.09. The maximum Gasteiger partial charge on any atom is 0.146 e. The van der Waals surface area contributed by atoms with Crippen LogP contribution in [0.3, 0.4) is 0 Å². The van der Waals surface area contributed by atoms with Crippen molar-refractivity contribution in [3.05, 3.63) is 29.6 Å². The molecule has 2 rings (SSSR count). The van der Waals surface area contributed by atoms with Crippen LogP contribution in [0.5, 0.6) is 0 Å². The first-order chi connectivity index (χ1) is 8.54. The second kappa shape index (κ2) is 5.27. The predicted octanol–water partition coefficient (Wildman–Crippen LogP) is 3.42. The van der Waals surface area contributed by atoms with E-state index in [0.29, 0.717) is 11.1 Å². The highest BCUT2D eigenvalue weighted by molar-refractivity contribution is 5.47. The molecule has 2 nitrogen and oxygen atoms in total. The molecule has 1 aromatic rings. The highest BCUT2D eigenvalue weighted by Crippen LogP contribution is 2.34. The van der Waals surface area contributed by atoms with E-state index < -0.39 is 0 Å². The Morgan fingerprint density at radius 3 is 2.61 bits per heavy atom. The molecule has 0 spiro atoms. The van der Waals surface area contributed by atoms with Crippen LogP contribution in [0, 0.1) is 11.2 Å². The molecule has 0 unspecified atom stereocenters. The van der Waals surface area contributed by atoms with E-state index in [0.717, 1.165) is 25.2 Å². The van der Waals surface area contributed by atoms with Crippen LogP contribution >= 0.6 is 0 Å². The average molecular weight is 250 g/mol. The van der Waals surface area contributed by atoms with Crippen LogP contribution in [0.25, 0.3) is 0 Å². The molecule has 1 fully saturated rings. The molecule has 0 bridgehead atoms. The van der Waals surface area contributed by atoms with Gasteiger partial charge < -0.3 is 5.73 Å². The third kappa shape index (κ3) is 2.83. The van der Waals surface area contributed by atoms with Crippen LogP contribution in [0.4, 0.5) is 10.1 Å². The Kier molecular flexibility index (Phi) is 3.91. The Bertz CT molecular complexity index is 409. The van der Waals surface area contributed by atoms with Gasteiger partial charge in [0.25, 0.3) is 0 Å². The summed E-state index contributed by atoms with van der Waals surface area (Å²) in [6.45, 7) is 7.56. The minimum Gasteiger partial charge on any atom is -0.396 e. The Balaban J connectivity index is 1.98. The Morgan fingerprint density at radius 1 is 1.33 bits per heavy atom. The third-order valence-electron chi connectivity index (χ3n) is 4.45. The first-order valence-electron chi connectivity index (χ1n) is 6.79. The van der Waals surface area contributed by atoms with Crippen LogP contribution < -0.4 is 5.73 Å². The summed E-state index contributed by atoms with van der Waals surface area (Å²) in [7, 11) is 0. The lowest BCUT2D eigenvalue weighted by Gasteiger charge is -2.39. The second-order valence-corrected chi connectivity index (χ2v) is 5.75. The summed E-state index contributed by atoms with van der Waals surface area (Å²) < 4.78 is 13.4. The highest BCUT2D eigenvalue weighted by Gasteiger charge is 2.28. The zero-order valence-electron chi connectivity index (χ0n) is 11.4. The van der Waals surface area contributed by atoms with E-state index in [-0.39, 0.29) is 5.82 Å². The zero-order valence-corrected chi connectivity index (χ0v) is 11.4. The number of halogens is 1. The molecular weight excluding hydrogens is 227 g/mol. The van der Waals surface area contributed by atoms with Gasteiger partial charge in [-0.15, -0.1) is 0 Å². The first-order valence-corrected chi connectivity index (χ1v) is 6.79. The molecule has 1 aliphatic heterocycles. The van der Waals surface area contributed by atoms with Gasteiger partial charge in [-0.05, 0) is 43.0 Å². The highest BCUT2D eigenvalue weighted by atomic mass is 19.1. The fourth-order valence-electron chi connectivity index (χ4n) is 2.57. The summed E-state index contributed by atoms with van der Waals surface area (Å²) in [4.78, 5) is 2.38. The van der Waals surface area contributed by atoms with E-state index >= 15 is 0 Å². The fraction of sp³-hybridized carbons (Fsp3) is 0.600. The number of nitrogen functional groups attached to an aromatic ring is 1. The van der Waals surface area contributed by atoms with Gasteiger partial charge in [0.1, 0.15) is 5.82 Å². The van der Waals surface area contributed by atoms with E-state index in [9.17, 15) is 4.39 Å². The van der Waals surface area contributed by atoms with Crippen molar-refractivity contribution in [3.63, 3.8) is 0 Å². The number of nitrogens with two attached hydrogens (primary N) is 1. The second-order valence-electron chi connectivity index (χ2n) is 5.75.